The first kappa shape index (κ1) is 17.7. The zero-order chi connectivity index (χ0) is 17.8. The normalized spacial score (nSPS) is 20.9. The SMILES string of the molecule is O=C(Nc1cccc(C2SCCCS2)c1)N1CCCC1c1ccncc1. The molecule has 2 fully saturated rings. The number of anilines is 1. The Morgan fingerprint density at radius 2 is 1.88 bits per heavy atom. The van der Waals surface area contributed by atoms with Gasteiger partial charge in [0.25, 0.3) is 0 Å². The Labute approximate surface area is 163 Å². The Balaban J connectivity index is 1.46. The van der Waals surface area contributed by atoms with Crippen LogP contribution in [0.15, 0.2) is 48.8 Å². The molecule has 136 valence electrons. The molecule has 1 aromatic carbocycles. The Morgan fingerprint density at radius 1 is 1.08 bits per heavy atom. The third kappa shape index (κ3) is 4.01. The quantitative estimate of drug-likeness (QED) is 0.777. The van der Waals surface area contributed by atoms with Crippen LogP contribution < -0.4 is 5.32 Å². The molecule has 0 saturated carbocycles. The maximum atomic E-state index is 12.9. The number of nitrogens with one attached hydrogen (secondary N) is 1. The van der Waals surface area contributed by atoms with Crippen molar-refractivity contribution in [3.63, 3.8) is 0 Å². The maximum Gasteiger partial charge on any atom is 0.322 e. The van der Waals surface area contributed by atoms with Gasteiger partial charge >= 0.3 is 6.03 Å². The summed E-state index contributed by atoms with van der Waals surface area (Å²) in [6.45, 7) is 0.798. The highest BCUT2D eigenvalue weighted by atomic mass is 32.2. The van der Waals surface area contributed by atoms with E-state index in [1.807, 2.05) is 52.7 Å². The molecule has 2 saturated heterocycles. The van der Waals surface area contributed by atoms with Gasteiger partial charge in [-0.05, 0) is 66.2 Å². The molecule has 0 bridgehead atoms. The number of aromatic nitrogens is 1. The average molecular weight is 386 g/mol. The smallest absolute Gasteiger partial charge is 0.317 e. The molecule has 1 aromatic heterocycles. The van der Waals surface area contributed by atoms with Gasteiger partial charge in [0.15, 0.2) is 0 Å². The first-order valence-corrected chi connectivity index (χ1v) is 11.2. The van der Waals surface area contributed by atoms with E-state index in [-0.39, 0.29) is 12.1 Å². The van der Waals surface area contributed by atoms with Gasteiger partial charge in [-0.3, -0.25) is 4.98 Å². The van der Waals surface area contributed by atoms with Gasteiger partial charge in [0, 0.05) is 24.6 Å². The molecule has 1 unspecified atom stereocenters. The standard InChI is InChI=1S/C20H23N3OS2/c24-20(23-11-2-6-18(23)15-7-9-21-10-8-15)22-17-5-1-4-16(14-17)19-25-12-3-13-26-19/h1,4-5,7-10,14,18-19H,2-3,6,11-13H2,(H,22,24). The zero-order valence-corrected chi connectivity index (χ0v) is 16.3. The third-order valence-corrected chi connectivity index (χ3v) is 7.86. The monoisotopic (exact) mass is 385 g/mol. The molecule has 1 N–H and O–H groups in total. The zero-order valence-electron chi connectivity index (χ0n) is 14.6. The number of nitrogens with zero attached hydrogens (tertiary/aromatic N) is 2. The van der Waals surface area contributed by atoms with Crippen molar-refractivity contribution in [3.05, 3.63) is 59.9 Å². The summed E-state index contributed by atoms with van der Waals surface area (Å²) in [5.74, 6) is 2.44. The van der Waals surface area contributed by atoms with Crippen LogP contribution in [-0.4, -0.2) is 34.0 Å². The fourth-order valence-electron chi connectivity index (χ4n) is 3.58. The predicted octanol–water partition coefficient (Wildman–Crippen LogP) is 5.32. The lowest BCUT2D eigenvalue weighted by molar-refractivity contribution is 0.207. The third-order valence-electron chi connectivity index (χ3n) is 4.84. The number of hydrogen-bond acceptors (Lipinski definition) is 4. The van der Waals surface area contributed by atoms with Crippen molar-refractivity contribution in [2.24, 2.45) is 0 Å². The van der Waals surface area contributed by atoms with E-state index in [1.165, 1.54) is 23.5 Å². The van der Waals surface area contributed by atoms with Crippen molar-refractivity contribution < 1.29 is 4.79 Å². The number of hydrogen-bond donors (Lipinski definition) is 1. The van der Waals surface area contributed by atoms with Crippen LogP contribution in [0.1, 0.15) is 41.0 Å². The molecule has 26 heavy (non-hydrogen) atoms. The van der Waals surface area contributed by atoms with Gasteiger partial charge in [-0.15, -0.1) is 23.5 Å². The van der Waals surface area contributed by atoms with Crippen molar-refractivity contribution in [2.45, 2.75) is 29.9 Å². The first-order valence-electron chi connectivity index (χ1n) is 9.12. The molecule has 1 atom stereocenters. The molecule has 2 aliphatic heterocycles. The summed E-state index contributed by atoms with van der Waals surface area (Å²) in [7, 11) is 0. The maximum absolute atomic E-state index is 12.9. The molecule has 0 radical (unpaired) electrons. The minimum atomic E-state index is -0.00888. The van der Waals surface area contributed by atoms with E-state index >= 15 is 0 Å². The van der Waals surface area contributed by atoms with E-state index in [0.29, 0.717) is 4.58 Å². The Bertz CT molecular complexity index is 750. The molecular formula is C20H23N3OS2. The number of rotatable bonds is 3. The lowest BCUT2D eigenvalue weighted by Gasteiger charge is -2.26. The van der Waals surface area contributed by atoms with Crippen LogP contribution in [0, 0.1) is 0 Å². The predicted molar refractivity (Wildman–Crippen MR) is 111 cm³/mol. The van der Waals surface area contributed by atoms with E-state index in [9.17, 15) is 4.79 Å². The van der Waals surface area contributed by atoms with Crippen LogP contribution in [0.3, 0.4) is 0 Å². The summed E-state index contributed by atoms with van der Waals surface area (Å²) in [6, 6.07) is 12.5. The van der Waals surface area contributed by atoms with Gasteiger partial charge in [0.1, 0.15) is 0 Å². The van der Waals surface area contributed by atoms with E-state index in [2.05, 4.69) is 22.4 Å². The Kier molecular flexibility index (Phi) is 5.70. The van der Waals surface area contributed by atoms with Crippen LogP contribution >= 0.6 is 23.5 Å². The Hall–Kier alpha value is -1.66. The highest BCUT2D eigenvalue weighted by molar-refractivity contribution is 8.16. The second kappa shape index (κ2) is 8.35. The van der Waals surface area contributed by atoms with E-state index in [0.717, 1.165) is 30.6 Å². The molecule has 0 aliphatic carbocycles. The Morgan fingerprint density at radius 3 is 2.69 bits per heavy atom. The fourth-order valence-corrected chi connectivity index (χ4v) is 6.45. The lowest BCUT2D eigenvalue weighted by Crippen LogP contribution is -2.34. The minimum absolute atomic E-state index is 0.00888. The molecule has 4 nitrogen and oxygen atoms in total. The van der Waals surface area contributed by atoms with Crippen molar-refractivity contribution in [3.8, 4) is 0 Å². The van der Waals surface area contributed by atoms with Crippen LogP contribution in [0.5, 0.6) is 0 Å². The molecule has 2 aliphatic rings. The van der Waals surface area contributed by atoms with Crippen molar-refractivity contribution in [1.29, 1.82) is 0 Å². The van der Waals surface area contributed by atoms with E-state index in [1.54, 1.807) is 12.4 Å². The summed E-state index contributed by atoms with van der Waals surface area (Å²) in [4.78, 5) is 18.9. The van der Waals surface area contributed by atoms with Crippen LogP contribution in [-0.2, 0) is 0 Å². The van der Waals surface area contributed by atoms with Gasteiger partial charge in [0.05, 0.1) is 10.6 Å². The summed E-state index contributed by atoms with van der Waals surface area (Å²) in [5.41, 5.74) is 3.35. The number of carbonyl (C=O) groups excluding carboxylic acids is 1. The number of pyridine rings is 1. The summed E-state index contributed by atoms with van der Waals surface area (Å²) >= 11 is 4.00. The summed E-state index contributed by atoms with van der Waals surface area (Å²) < 4.78 is 0.483. The molecule has 2 amide bonds. The van der Waals surface area contributed by atoms with Crippen molar-refractivity contribution in [2.75, 3.05) is 23.4 Å². The molecule has 4 rings (SSSR count). The van der Waals surface area contributed by atoms with Gasteiger partial charge in [-0.25, -0.2) is 4.79 Å². The molecule has 0 spiro atoms. The highest BCUT2D eigenvalue weighted by Crippen LogP contribution is 2.44. The van der Waals surface area contributed by atoms with Gasteiger partial charge in [0.2, 0.25) is 0 Å². The van der Waals surface area contributed by atoms with E-state index in [4.69, 9.17) is 0 Å². The molecule has 2 aromatic rings. The average Bonchev–Trinajstić information content (AvgIpc) is 3.20. The van der Waals surface area contributed by atoms with Crippen molar-refractivity contribution >= 4 is 35.2 Å². The minimum Gasteiger partial charge on any atom is -0.317 e. The molecular weight excluding hydrogens is 362 g/mol. The second-order valence-electron chi connectivity index (χ2n) is 6.61. The van der Waals surface area contributed by atoms with Crippen LogP contribution in [0.4, 0.5) is 10.5 Å². The second-order valence-corrected chi connectivity index (χ2v) is 9.34. The molecule has 3 heterocycles. The number of amides is 2. The number of carbonyl (C=O) groups is 1. The molecule has 6 heteroatoms. The summed E-state index contributed by atoms with van der Waals surface area (Å²) in [5, 5.41) is 3.12. The van der Waals surface area contributed by atoms with Crippen LogP contribution in [0.2, 0.25) is 0 Å². The number of urea groups is 1. The van der Waals surface area contributed by atoms with Crippen molar-refractivity contribution in [1.82, 2.24) is 9.88 Å². The fraction of sp³-hybridized carbons (Fsp3) is 0.400. The first-order chi connectivity index (χ1) is 12.8. The van der Waals surface area contributed by atoms with E-state index < -0.39 is 0 Å². The summed E-state index contributed by atoms with van der Waals surface area (Å²) in [6.07, 6.45) is 6.93. The van der Waals surface area contributed by atoms with Gasteiger partial charge in [-0.2, -0.15) is 0 Å². The van der Waals surface area contributed by atoms with Gasteiger partial charge in [-0.1, -0.05) is 12.1 Å². The van der Waals surface area contributed by atoms with Crippen LogP contribution in [0.25, 0.3) is 0 Å². The van der Waals surface area contributed by atoms with Gasteiger partial charge < -0.3 is 10.2 Å². The topological polar surface area (TPSA) is 45.2 Å². The lowest BCUT2D eigenvalue weighted by atomic mass is 10.1. The number of thioether (sulfide) groups is 2. The highest BCUT2D eigenvalue weighted by Gasteiger charge is 2.30. The number of benzene rings is 1. The largest absolute Gasteiger partial charge is 0.322 e. The number of likely N-dealkylation sites (tertiary alicyclic amines) is 1.